The third-order valence-electron chi connectivity index (χ3n) is 1.71. The first-order valence-electron chi connectivity index (χ1n) is 6.28. The minimum absolute atomic E-state index is 0. The van der Waals surface area contributed by atoms with Gasteiger partial charge in [0.1, 0.15) is 0 Å². The first kappa shape index (κ1) is 34.2. The van der Waals surface area contributed by atoms with Crippen LogP contribution in [-0.4, -0.2) is 21.8 Å². The van der Waals surface area contributed by atoms with Gasteiger partial charge in [-0.2, -0.15) is 12.2 Å². The summed E-state index contributed by atoms with van der Waals surface area (Å²) in [6.45, 7) is 12.6. The molecule has 0 atom stereocenters. The van der Waals surface area contributed by atoms with Crippen LogP contribution in [0.3, 0.4) is 0 Å². The molecule has 0 saturated carbocycles. The molecule has 1 nitrogen and oxygen atoms in total. The molecule has 0 N–H and O–H groups in total. The normalized spacial score (nSPS) is 12.0. The monoisotopic (exact) mass is 454 g/mol. The van der Waals surface area contributed by atoms with Crippen molar-refractivity contribution in [2.24, 2.45) is 0 Å². The molecule has 6 heteroatoms. The first-order chi connectivity index (χ1) is 9.06. The van der Waals surface area contributed by atoms with Crippen molar-refractivity contribution >= 4 is 40.0 Å². The van der Waals surface area contributed by atoms with Crippen LogP contribution < -0.4 is 0 Å². The third kappa shape index (κ3) is 37.2. The molecule has 0 aromatic heterocycles. The Balaban J connectivity index is -0.0000000588. The molecule has 0 amide bonds. The number of halogens is 2. The van der Waals surface area contributed by atoms with Gasteiger partial charge in [-0.3, -0.25) is 12.2 Å². The fraction of sp³-hybridized carbons (Fsp3) is 0.375. The molecule has 0 spiro atoms. The maximum absolute atomic E-state index is 5.26. The van der Waals surface area contributed by atoms with Gasteiger partial charge >= 0.3 is 30.2 Å². The molecule has 0 aromatic rings. The molecule has 22 heavy (non-hydrogen) atoms. The predicted octanol–water partition coefficient (Wildman–Crippen LogP) is 4.66. The molecular weight excluding hydrogens is 426 g/mol. The molecule has 130 valence electrons. The molecule has 2 rings (SSSR count). The zero-order valence-electron chi connectivity index (χ0n) is 14.2. The summed E-state index contributed by atoms with van der Waals surface area (Å²) in [4.78, 5) is 0. The molecule has 0 heterocycles. The van der Waals surface area contributed by atoms with Gasteiger partial charge in [0.15, 0.2) is 8.32 Å². The average molecular weight is 457 g/mol. The Morgan fingerprint density at radius 2 is 1.41 bits per heavy atom. The molecule has 2 aliphatic carbocycles. The molecule has 0 unspecified atom stereocenters. The van der Waals surface area contributed by atoms with Gasteiger partial charge < -0.3 is 18.8 Å². The second-order valence-electron chi connectivity index (χ2n) is 4.47. The Bertz CT molecular complexity index is 270. The van der Waals surface area contributed by atoms with Crippen LogP contribution in [0.4, 0.5) is 0 Å². The van der Waals surface area contributed by atoms with Crippen molar-refractivity contribution in [2.75, 3.05) is 6.61 Å². The van der Waals surface area contributed by atoms with Crippen molar-refractivity contribution in [1.82, 2.24) is 0 Å². The van der Waals surface area contributed by atoms with Gasteiger partial charge in [0, 0.05) is 0 Å². The quantitative estimate of drug-likeness (QED) is 0.434. The first-order valence-corrected chi connectivity index (χ1v) is 15.6. The standard InChI is InChI=1S/C5H13OSi.2C5H5.CH3.2ClH.H2Si.Zr/c1-5-6-7(2,3)4;2*1-2-4-5-3-1;;;;;/h1,5H2,2-4H3;2*1-3H,4H2;1H3;2*1H;1H2;/q4*-1;;;;. The van der Waals surface area contributed by atoms with E-state index in [9.17, 15) is 0 Å². The van der Waals surface area contributed by atoms with E-state index in [1.54, 1.807) is 23.3 Å². The molecule has 0 bridgehead atoms. The number of rotatable bonds is 2. The van der Waals surface area contributed by atoms with Crippen molar-refractivity contribution in [3.05, 3.63) is 63.0 Å². The molecule has 0 saturated heterocycles. The minimum atomic E-state index is -1.22. The Kier molecular flexibility index (Phi) is 41.5. The van der Waals surface area contributed by atoms with Gasteiger partial charge in [0.25, 0.3) is 0 Å². The summed E-state index contributed by atoms with van der Waals surface area (Å²) in [5.74, 6) is 0. The Labute approximate surface area is 168 Å². The van der Waals surface area contributed by atoms with Crippen LogP contribution in [0, 0.1) is 26.5 Å². The Morgan fingerprint density at radius 1 is 1.05 bits per heavy atom. The summed E-state index contributed by atoms with van der Waals surface area (Å²) >= 11 is 1.58. The van der Waals surface area contributed by atoms with Gasteiger partial charge in [-0.15, -0.1) is 37.7 Å². The molecule has 0 aromatic carbocycles. The third-order valence-corrected chi connectivity index (χ3v) is 2.78. The van der Waals surface area contributed by atoms with Crippen LogP contribution in [0.25, 0.3) is 0 Å². The van der Waals surface area contributed by atoms with Gasteiger partial charge in [-0.1, -0.05) is 6.61 Å². The van der Waals surface area contributed by atoms with Crippen molar-refractivity contribution < 1.29 is 27.8 Å². The Morgan fingerprint density at radius 3 is 1.45 bits per heavy atom. The SMILES string of the molecule is Cl.Cl.[C-]1=CC=CC1.[C-]1=CC=CC1.[CH2-]CO[Si](C)(C)C.[CH3-].[SiH2]=[Zr]. The van der Waals surface area contributed by atoms with Gasteiger partial charge in [-0.05, 0) is 19.6 Å². The summed E-state index contributed by atoms with van der Waals surface area (Å²) in [5.41, 5.74) is 0. The number of hydrogen-bond acceptors (Lipinski definition) is 1. The van der Waals surface area contributed by atoms with Crippen LogP contribution in [-0.2, 0) is 27.8 Å². The van der Waals surface area contributed by atoms with Gasteiger partial charge in [0.05, 0.1) is 0 Å². The Hall–Kier alpha value is 0.817. The van der Waals surface area contributed by atoms with E-state index in [1.165, 1.54) is 0 Å². The summed E-state index contributed by atoms with van der Waals surface area (Å²) in [6.07, 6.45) is 20.0. The van der Waals surface area contributed by atoms with E-state index >= 15 is 0 Å². The summed E-state index contributed by atoms with van der Waals surface area (Å²) in [6, 6.07) is 0. The van der Waals surface area contributed by atoms with E-state index in [-0.39, 0.29) is 32.2 Å². The van der Waals surface area contributed by atoms with E-state index in [1.807, 2.05) is 31.2 Å². The fourth-order valence-corrected chi connectivity index (χ4v) is 1.60. The predicted molar refractivity (Wildman–Crippen MR) is 107 cm³/mol. The number of allylic oxidation sites excluding steroid dienone is 8. The van der Waals surface area contributed by atoms with Gasteiger partial charge in [-0.25, -0.2) is 24.3 Å². The second-order valence-corrected chi connectivity index (χ2v) is 8.98. The van der Waals surface area contributed by atoms with E-state index < -0.39 is 8.32 Å². The van der Waals surface area contributed by atoms with Crippen LogP contribution in [0.2, 0.25) is 19.6 Å². The van der Waals surface area contributed by atoms with Crippen molar-refractivity contribution in [1.29, 1.82) is 0 Å². The molecule has 2 aliphatic rings. The number of hydrogen-bond donors (Lipinski definition) is 0. The molecular formula is C16H30Cl2OSi2Zr-4. The van der Waals surface area contributed by atoms with E-state index in [0.29, 0.717) is 6.61 Å². The fourth-order valence-electron chi connectivity index (χ4n) is 0.987. The van der Waals surface area contributed by atoms with Crippen LogP contribution in [0.1, 0.15) is 12.8 Å². The van der Waals surface area contributed by atoms with E-state index in [0.717, 1.165) is 12.8 Å². The second kappa shape index (κ2) is 26.7. The van der Waals surface area contributed by atoms with E-state index in [2.05, 4.69) is 50.9 Å². The maximum atomic E-state index is 5.26. The zero-order valence-corrected chi connectivity index (χ0v) is 20.7. The summed E-state index contributed by atoms with van der Waals surface area (Å²) in [5, 5.41) is 0. The van der Waals surface area contributed by atoms with Crippen molar-refractivity contribution in [3.8, 4) is 0 Å². The zero-order chi connectivity index (χ0) is 15.0. The van der Waals surface area contributed by atoms with Crippen molar-refractivity contribution in [3.63, 3.8) is 0 Å². The van der Waals surface area contributed by atoms with Gasteiger partial charge in [0.2, 0.25) is 0 Å². The average Bonchev–Trinajstić information content (AvgIpc) is 3.09. The molecule has 0 fully saturated rings. The van der Waals surface area contributed by atoms with Crippen molar-refractivity contribution in [2.45, 2.75) is 32.5 Å². The summed E-state index contributed by atoms with van der Waals surface area (Å²) < 4.78 is 5.26. The topological polar surface area (TPSA) is 9.23 Å². The molecule has 0 radical (unpaired) electrons. The van der Waals surface area contributed by atoms with Crippen LogP contribution >= 0.6 is 24.8 Å². The summed E-state index contributed by atoms with van der Waals surface area (Å²) in [7, 11) is -1.22. The molecule has 0 aliphatic heterocycles. The van der Waals surface area contributed by atoms with Crippen LogP contribution in [0.15, 0.2) is 36.5 Å². The van der Waals surface area contributed by atoms with Crippen LogP contribution in [0.5, 0.6) is 0 Å². The van der Waals surface area contributed by atoms with E-state index in [4.69, 9.17) is 4.43 Å².